The molecule has 28 heavy (non-hydrogen) atoms. The number of hydrogen-bond acceptors (Lipinski definition) is 4. The zero-order chi connectivity index (χ0) is 20.2. The topological polar surface area (TPSA) is 65.0 Å². The molecule has 0 aromatic heterocycles. The molecule has 0 radical (unpaired) electrons. The largest absolute Gasteiger partial charge is 0.493 e. The second-order valence-electron chi connectivity index (χ2n) is 6.71. The fourth-order valence-electron chi connectivity index (χ4n) is 2.78. The number of benzene rings is 2. The van der Waals surface area contributed by atoms with Crippen LogP contribution in [0.25, 0.3) is 0 Å². The summed E-state index contributed by atoms with van der Waals surface area (Å²) in [4.78, 5) is 11.0. The molecule has 0 saturated carbocycles. The molecule has 0 heterocycles. The second-order valence-corrected chi connectivity index (χ2v) is 6.71. The van der Waals surface area contributed by atoms with Crippen LogP contribution in [0.1, 0.15) is 37.3 Å². The Labute approximate surface area is 167 Å². The minimum Gasteiger partial charge on any atom is -0.493 e. The predicted molar refractivity (Wildman–Crippen MR) is 109 cm³/mol. The van der Waals surface area contributed by atoms with Gasteiger partial charge in [-0.15, -0.1) is 0 Å². The monoisotopic (exact) mass is 386 g/mol. The third-order valence-corrected chi connectivity index (χ3v) is 4.47. The van der Waals surface area contributed by atoms with Gasteiger partial charge >= 0.3 is 5.97 Å². The molecular formula is C23H30O5. The third-order valence-electron chi connectivity index (χ3n) is 4.47. The Morgan fingerprint density at radius 2 is 1.43 bits per heavy atom. The van der Waals surface area contributed by atoms with Gasteiger partial charge in [-0.05, 0) is 48.2 Å². The number of aryl methyl sites for hydroxylation is 1. The molecule has 5 heteroatoms. The highest BCUT2D eigenvalue weighted by atomic mass is 16.5. The van der Waals surface area contributed by atoms with Gasteiger partial charge < -0.3 is 19.3 Å². The van der Waals surface area contributed by atoms with E-state index in [2.05, 4.69) is 19.1 Å². The Bertz CT molecular complexity index is 694. The number of hydrogen-bond donors (Lipinski definition) is 1. The maximum atomic E-state index is 11.0. The molecule has 0 amide bonds. The van der Waals surface area contributed by atoms with Gasteiger partial charge in [0.15, 0.2) is 6.10 Å². The fourth-order valence-corrected chi connectivity index (χ4v) is 2.78. The Morgan fingerprint density at radius 3 is 1.89 bits per heavy atom. The van der Waals surface area contributed by atoms with E-state index in [-0.39, 0.29) is 0 Å². The summed E-state index contributed by atoms with van der Waals surface area (Å²) in [6.07, 6.45) is 3.82. The number of unbranched alkanes of at least 4 members (excludes halogenated alkanes) is 1. The minimum absolute atomic E-state index is 0.331. The summed E-state index contributed by atoms with van der Waals surface area (Å²) >= 11 is 0. The van der Waals surface area contributed by atoms with Gasteiger partial charge in [0.2, 0.25) is 0 Å². The fraction of sp³-hybridized carbons (Fsp3) is 0.435. The van der Waals surface area contributed by atoms with Crippen LogP contribution in [0.2, 0.25) is 0 Å². The van der Waals surface area contributed by atoms with Crippen molar-refractivity contribution in [3.05, 3.63) is 59.7 Å². The van der Waals surface area contributed by atoms with Crippen LogP contribution < -0.4 is 9.47 Å². The van der Waals surface area contributed by atoms with E-state index in [1.807, 2.05) is 36.4 Å². The van der Waals surface area contributed by atoms with Crippen LogP contribution in [0.5, 0.6) is 11.5 Å². The van der Waals surface area contributed by atoms with Crippen molar-refractivity contribution in [2.75, 3.05) is 20.3 Å². The first-order valence-electron chi connectivity index (χ1n) is 9.81. The number of carboxylic acid groups (broad SMARTS) is 1. The first kappa shape index (κ1) is 21.8. The summed E-state index contributed by atoms with van der Waals surface area (Å²) in [5.74, 6) is 0.683. The highest BCUT2D eigenvalue weighted by Gasteiger charge is 2.16. The van der Waals surface area contributed by atoms with Gasteiger partial charge in [-0.3, -0.25) is 0 Å². The zero-order valence-electron chi connectivity index (χ0n) is 16.7. The van der Waals surface area contributed by atoms with E-state index in [0.717, 1.165) is 29.9 Å². The molecule has 5 nitrogen and oxygen atoms in total. The van der Waals surface area contributed by atoms with E-state index in [1.54, 1.807) is 0 Å². The third kappa shape index (κ3) is 7.61. The van der Waals surface area contributed by atoms with E-state index in [4.69, 9.17) is 19.3 Å². The molecule has 0 bridgehead atoms. The van der Waals surface area contributed by atoms with E-state index in [9.17, 15) is 4.79 Å². The number of carbonyl (C=O) groups is 1. The van der Waals surface area contributed by atoms with Crippen molar-refractivity contribution < 1.29 is 24.1 Å². The molecule has 0 aliphatic carbocycles. The standard InChI is InChI=1S/C23H30O5/c1-3-4-6-18-7-11-20(12-8-18)27-15-5-16-28-21-13-9-19(10-14-21)17-22(26-2)23(24)25/h7-14,22H,3-6,15-17H2,1-2H3,(H,24,25). The minimum atomic E-state index is -0.960. The molecule has 1 unspecified atom stereocenters. The summed E-state index contributed by atoms with van der Waals surface area (Å²) in [6, 6.07) is 15.7. The Kier molecular flexibility index (Phi) is 9.35. The molecular weight excluding hydrogens is 356 g/mol. The lowest BCUT2D eigenvalue weighted by molar-refractivity contribution is -0.148. The summed E-state index contributed by atoms with van der Waals surface area (Å²) in [7, 11) is 1.40. The van der Waals surface area contributed by atoms with E-state index < -0.39 is 12.1 Å². The van der Waals surface area contributed by atoms with Crippen molar-refractivity contribution in [1.82, 2.24) is 0 Å². The highest BCUT2D eigenvalue weighted by molar-refractivity contribution is 5.72. The van der Waals surface area contributed by atoms with Gasteiger partial charge in [-0.25, -0.2) is 4.79 Å². The van der Waals surface area contributed by atoms with Crippen molar-refractivity contribution in [2.45, 2.75) is 45.1 Å². The number of carboxylic acids is 1. The molecule has 0 fully saturated rings. The number of rotatable bonds is 13. The lowest BCUT2D eigenvalue weighted by atomic mass is 10.1. The molecule has 152 valence electrons. The van der Waals surface area contributed by atoms with Gasteiger partial charge in [-0.2, -0.15) is 0 Å². The SMILES string of the molecule is CCCCc1ccc(OCCCOc2ccc(CC(OC)C(=O)O)cc2)cc1. The summed E-state index contributed by atoms with van der Waals surface area (Å²) < 4.78 is 16.4. The van der Waals surface area contributed by atoms with Crippen LogP contribution in [0, 0.1) is 0 Å². The van der Waals surface area contributed by atoms with Crippen molar-refractivity contribution in [2.24, 2.45) is 0 Å². The summed E-state index contributed by atoms with van der Waals surface area (Å²) in [6.45, 7) is 3.36. The molecule has 1 atom stereocenters. The molecule has 1 N–H and O–H groups in total. The summed E-state index contributed by atoms with van der Waals surface area (Å²) in [5, 5.41) is 9.02. The molecule has 0 aliphatic heterocycles. The molecule has 0 aliphatic rings. The Balaban J connectivity index is 1.66. The smallest absolute Gasteiger partial charge is 0.333 e. The Hall–Kier alpha value is -2.53. The van der Waals surface area contributed by atoms with E-state index in [0.29, 0.717) is 19.6 Å². The molecule has 2 aromatic rings. The lowest BCUT2D eigenvalue weighted by Crippen LogP contribution is -2.24. The average molecular weight is 386 g/mol. The number of aliphatic carboxylic acids is 1. The predicted octanol–water partition coefficient (Wildman–Crippen LogP) is 4.52. The first-order chi connectivity index (χ1) is 13.6. The van der Waals surface area contributed by atoms with E-state index >= 15 is 0 Å². The van der Waals surface area contributed by atoms with Gasteiger partial charge in [-0.1, -0.05) is 37.6 Å². The zero-order valence-corrected chi connectivity index (χ0v) is 16.7. The molecule has 0 spiro atoms. The first-order valence-corrected chi connectivity index (χ1v) is 9.81. The quantitative estimate of drug-likeness (QED) is 0.513. The van der Waals surface area contributed by atoms with Crippen molar-refractivity contribution in [3.63, 3.8) is 0 Å². The molecule has 2 rings (SSSR count). The molecule has 2 aromatic carbocycles. The maximum Gasteiger partial charge on any atom is 0.333 e. The molecule has 0 saturated heterocycles. The average Bonchev–Trinajstić information content (AvgIpc) is 2.72. The van der Waals surface area contributed by atoms with Gasteiger partial charge in [0.05, 0.1) is 13.2 Å². The van der Waals surface area contributed by atoms with Crippen molar-refractivity contribution in [1.29, 1.82) is 0 Å². The van der Waals surface area contributed by atoms with Gasteiger partial charge in [0.1, 0.15) is 11.5 Å². The van der Waals surface area contributed by atoms with Gasteiger partial charge in [0, 0.05) is 20.0 Å². The van der Waals surface area contributed by atoms with Crippen LogP contribution in [0.4, 0.5) is 0 Å². The highest BCUT2D eigenvalue weighted by Crippen LogP contribution is 2.16. The normalized spacial score (nSPS) is 11.8. The van der Waals surface area contributed by atoms with Crippen LogP contribution in [0.3, 0.4) is 0 Å². The van der Waals surface area contributed by atoms with Crippen molar-refractivity contribution >= 4 is 5.97 Å². The second kappa shape index (κ2) is 12.0. The van der Waals surface area contributed by atoms with Crippen LogP contribution in [-0.4, -0.2) is 37.5 Å². The lowest BCUT2D eigenvalue weighted by Gasteiger charge is -2.11. The Morgan fingerprint density at radius 1 is 0.893 bits per heavy atom. The van der Waals surface area contributed by atoms with E-state index in [1.165, 1.54) is 25.5 Å². The van der Waals surface area contributed by atoms with Crippen LogP contribution in [0.15, 0.2) is 48.5 Å². The van der Waals surface area contributed by atoms with Crippen molar-refractivity contribution in [3.8, 4) is 11.5 Å². The van der Waals surface area contributed by atoms with Crippen LogP contribution in [-0.2, 0) is 22.4 Å². The number of methoxy groups -OCH3 is 1. The van der Waals surface area contributed by atoms with Crippen LogP contribution >= 0.6 is 0 Å². The summed E-state index contributed by atoms with van der Waals surface area (Å²) in [5.41, 5.74) is 2.24. The maximum absolute atomic E-state index is 11.0. The van der Waals surface area contributed by atoms with Gasteiger partial charge in [0.25, 0.3) is 0 Å². The number of ether oxygens (including phenoxy) is 3.